The van der Waals surface area contributed by atoms with E-state index in [0.717, 1.165) is 16.8 Å². The van der Waals surface area contributed by atoms with Gasteiger partial charge in [0.25, 0.3) is 0 Å². The van der Waals surface area contributed by atoms with Gasteiger partial charge in [-0.05, 0) is 24.3 Å². The van der Waals surface area contributed by atoms with Crippen LogP contribution in [0.15, 0.2) is 24.3 Å². The summed E-state index contributed by atoms with van der Waals surface area (Å²) in [4.78, 5) is 11.2. The lowest BCUT2D eigenvalue weighted by Gasteiger charge is -2.23. The second-order valence-electron chi connectivity index (χ2n) is 4.88. The van der Waals surface area contributed by atoms with E-state index >= 15 is 0 Å². The molecule has 0 aliphatic heterocycles. The van der Waals surface area contributed by atoms with E-state index in [1.54, 1.807) is 24.3 Å². The third kappa shape index (κ3) is 4.87. The first-order chi connectivity index (χ1) is 7.92. The Labute approximate surface area is 102 Å². The lowest BCUT2D eigenvalue weighted by atomic mass is 10.2. The van der Waals surface area contributed by atoms with Gasteiger partial charge in [0.15, 0.2) is 0 Å². The minimum atomic E-state index is -0.331. The van der Waals surface area contributed by atoms with Crippen molar-refractivity contribution >= 4 is 5.97 Å². The number of carbonyl (C=O) groups excluding carboxylic acids is 1. The average molecular weight is 238 g/mol. The molecule has 94 valence electrons. The summed E-state index contributed by atoms with van der Waals surface area (Å²) in [5.74, 6) is 0.439. The molecule has 17 heavy (non-hydrogen) atoms. The summed E-state index contributed by atoms with van der Waals surface area (Å²) in [7, 11) is 7.71. The maximum atomic E-state index is 11.2. The number of nitrogens with zero attached hydrogens (tertiary/aromatic N) is 1. The number of hydrogen-bond acceptors (Lipinski definition) is 3. The van der Waals surface area contributed by atoms with Crippen molar-refractivity contribution in [3.8, 4) is 5.75 Å². The molecule has 0 spiro atoms. The van der Waals surface area contributed by atoms with E-state index in [1.165, 1.54) is 7.11 Å². The summed E-state index contributed by atoms with van der Waals surface area (Å²) in [6.07, 6.45) is 0. The fraction of sp³-hybridized carbons (Fsp3) is 0.462. The van der Waals surface area contributed by atoms with Crippen molar-refractivity contribution in [2.45, 2.75) is 0 Å². The summed E-state index contributed by atoms with van der Waals surface area (Å²) in [5, 5.41) is 0. The van der Waals surface area contributed by atoms with Gasteiger partial charge >= 0.3 is 5.97 Å². The first kappa shape index (κ1) is 13.5. The summed E-state index contributed by atoms with van der Waals surface area (Å²) < 4.78 is 11.1. The third-order valence-corrected chi connectivity index (χ3v) is 2.31. The van der Waals surface area contributed by atoms with E-state index in [4.69, 9.17) is 4.74 Å². The molecule has 0 aromatic heterocycles. The highest BCUT2D eigenvalue weighted by atomic mass is 16.5. The van der Waals surface area contributed by atoms with Gasteiger partial charge in [-0.3, -0.25) is 0 Å². The van der Waals surface area contributed by atoms with Crippen LogP contribution in [0.2, 0.25) is 0 Å². The highest BCUT2D eigenvalue weighted by Crippen LogP contribution is 2.12. The van der Waals surface area contributed by atoms with Crippen molar-refractivity contribution in [3.63, 3.8) is 0 Å². The molecule has 1 aromatic rings. The maximum absolute atomic E-state index is 11.2. The predicted molar refractivity (Wildman–Crippen MR) is 66.2 cm³/mol. The Bertz CT molecular complexity index is 365. The van der Waals surface area contributed by atoms with Crippen molar-refractivity contribution in [2.24, 2.45) is 0 Å². The third-order valence-electron chi connectivity index (χ3n) is 2.31. The molecular weight excluding hydrogens is 218 g/mol. The van der Waals surface area contributed by atoms with E-state index in [-0.39, 0.29) is 5.97 Å². The molecule has 0 aliphatic carbocycles. The van der Waals surface area contributed by atoms with Crippen LogP contribution in [0.4, 0.5) is 0 Å². The van der Waals surface area contributed by atoms with Crippen LogP contribution in [0.5, 0.6) is 5.75 Å². The number of ether oxygens (including phenoxy) is 2. The molecule has 4 heteroatoms. The van der Waals surface area contributed by atoms with Crippen LogP contribution in [0.25, 0.3) is 0 Å². The number of likely N-dealkylation sites (N-methyl/N-ethyl adjacent to an activating group) is 1. The lowest BCUT2D eigenvalue weighted by Crippen LogP contribution is -2.38. The van der Waals surface area contributed by atoms with Crippen molar-refractivity contribution in [1.29, 1.82) is 0 Å². The molecule has 0 unspecified atom stereocenters. The number of esters is 1. The zero-order valence-corrected chi connectivity index (χ0v) is 10.9. The van der Waals surface area contributed by atoms with Crippen molar-refractivity contribution in [2.75, 3.05) is 41.4 Å². The van der Waals surface area contributed by atoms with Gasteiger partial charge < -0.3 is 14.0 Å². The standard InChI is InChI=1S/C13H20NO3/c1-14(2,3)9-10-17-12-7-5-11(6-8-12)13(15)16-4/h5-8H,9-10H2,1-4H3/q+1. The van der Waals surface area contributed by atoms with Gasteiger partial charge in [-0.25, -0.2) is 4.79 Å². The topological polar surface area (TPSA) is 35.5 Å². The molecule has 0 amide bonds. The normalized spacial score (nSPS) is 11.1. The Kier molecular flexibility index (Phi) is 4.52. The highest BCUT2D eigenvalue weighted by Gasteiger charge is 2.07. The number of rotatable bonds is 5. The van der Waals surface area contributed by atoms with Gasteiger partial charge in [0, 0.05) is 0 Å². The average Bonchev–Trinajstić information content (AvgIpc) is 2.27. The number of quaternary nitrogens is 1. The zero-order chi connectivity index (χ0) is 12.9. The second kappa shape index (κ2) is 5.68. The number of benzene rings is 1. The Morgan fingerprint density at radius 2 is 1.76 bits per heavy atom. The van der Waals surface area contributed by atoms with Crippen LogP contribution < -0.4 is 4.74 Å². The van der Waals surface area contributed by atoms with E-state index in [9.17, 15) is 4.79 Å². The van der Waals surface area contributed by atoms with Crippen molar-refractivity contribution in [3.05, 3.63) is 29.8 Å². The van der Waals surface area contributed by atoms with Gasteiger partial charge in [0.1, 0.15) is 18.9 Å². The number of methoxy groups -OCH3 is 1. The molecule has 1 rings (SSSR count). The second-order valence-corrected chi connectivity index (χ2v) is 4.88. The molecule has 0 N–H and O–H groups in total. The molecule has 1 aromatic carbocycles. The van der Waals surface area contributed by atoms with Crippen molar-refractivity contribution in [1.82, 2.24) is 0 Å². The van der Waals surface area contributed by atoms with Gasteiger partial charge in [-0.2, -0.15) is 0 Å². The van der Waals surface area contributed by atoms with Gasteiger partial charge in [-0.15, -0.1) is 0 Å². The van der Waals surface area contributed by atoms with Gasteiger partial charge in [0.05, 0.1) is 33.8 Å². The predicted octanol–water partition coefficient (Wildman–Crippen LogP) is 1.56. The summed E-state index contributed by atoms with van der Waals surface area (Å²) >= 11 is 0. The molecule has 0 fully saturated rings. The lowest BCUT2D eigenvalue weighted by molar-refractivity contribution is -0.870. The molecular formula is C13H20NO3+. The number of carbonyl (C=O) groups is 1. The first-order valence-electron chi connectivity index (χ1n) is 5.54. The molecule has 0 atom stereocenters. The monoisotopic (exact) mass is 238 g/mol. The Hall–Kier alpha value is -1.55. The molecule has 0 radical (unpaired) electrons. The van der Waals surface area contributed by atoms with E-state index in [2.05, 4.69) is 25.9 Å². The van der Waals surface area contributed by atoms with Crippen LogP contribution in [0, 0.1) is 0 Å². The Morgan fingerprint density at radius 3 is 2.24 bits per heavy atom. The summed E-state index contributed by atoms with van der Waals surface area (Å²) in [6, 6.07) is 6.96. The Morgan fingerprint density at radius 1 is 1.18 bits per heavy atom. The van der Waals surface area contributed by atoms with Crippen LogP contribution >= 0.6 is 0 Å². The quantitative estimate of drug-likeness (QED) is 0.577. The largest absolute Gasteiger partial charge is 0.488 e. The molecule has 0 bridgehead atoms. The molecule has 4 nitrogen and oxygen atoms in total. The number of hydrogen-bond donors (Lipinski definition) is 0. The zero-order valence-electron chi connectivity index (χ0n) is 10.9. The fourth-order valence-corrected chi connectivity index (χ4v) is 1.24. The van der Waals surface area contributed by atoms with E-state index in [0.29, 0.717) is 12.2 Å². The van der Waals surface area contributed by atoms with Gasteiger partial charge in [-0.1, -0.05) is 0 Å². The van der Waals surface area contributed by atoms with E-state index < -0.39 is 0 Å². The van der Waals surface area contributed by atoms with Crippen molar-refractivity contribution < 1.29 is 18.8 Å². The fourth-order valence-electron chi connectivity index (χ4n) is 1.24. The Balaban J connectivity index is 2.49. The highest BCUT2D eigenvalue weighted by molar-refractivity contribution is 5.89. The molecule has 0 heterocycles. The minimum Gasteiger partial charge on any atom is -0.488 e. The van der Waals surface area contributed by atoms with Gasteiger partial charge in [0.2, 0.25) is 0 Å². The smallest absolute Gasteiger partial charge is 0.337 e. The molecule has 0 aliphatic rings. The van der Waals surface area contributed by atoms with Crippen LogP contribution in [0.3, 0.4) is 0 Å². The van der Waals surface area contributed by atoms with Crippen LogP contribution in [-0.4, -0.2) is 51.9 Å². The molecule has 0 saturated heterocycles. The first-order valence-corrected chi connectivity index (χ1v) is 5.54. The maximum Gasteiger partial charge on any atom is 0.337 e. The van der Waals surface area contributed by atoms with E-state index in [1.807, 2.05) is 0 Å². The van der Waals surface area contributed by atoms with Crippen LogP contribution in [-0.2, 0) is 4.74 Å². The summed E-state index contributed by atoms with van der Waals surface area (Å²) in [6.45, 7) is 1.58. The summed E-state index contributed by atoms with van der Waals surface area (Å²) in [5.41, 5.74) is 0.534. The van der Waals surface area contributed by atoms with Crippen LogP contribution in [0.1, 0.15) is 10.4 Å². The minimum absolute atomic E-state index is 0.331. The molecule has 0 saturated carbocycles. The SMILES string of the molecule is COC(=O)c1ccc(OCC[N+](C)(C)C)cc1.